The van der Waals surface area contributed by atoms with E-state index in [1.54, 1.807) is 18.2 Å². The molecular formula is C16H14O5S. The van der Waals surface area contributed by atoms with E-state index in [1.807, 2.05) is 0 Å². The molecule has 0 spiro atoms. The van der Waals surface area contributed by atoms with Gasteiger partial charge in [0, 0.05) is 18.4 Å². The summed E-state index contributed by atoms with van der Waals surface area (Å²) >= 11 is 0. The molecule has 0 fully saturated rings. The quantitative estimate of drug-likeness (QED) is 0.873. The van der Waals surface area contributed by atoms with Crippen LogP contribution in [0.5, 0.6) is 11.5 Å². The summed E-state index contributed by atoms with van der Waals surface area (Å²) in [6.07, 6.45) is 0.811. The van der Waals surface area contributed by atoms with Gasteiger partial charge < -0.3 is 14.6 Å². The molecule has 1 N–H and O–H groups in total. The first-order chi connectivity index (χ1) is 10.5. The molecule has 0 radical (unpaired) electrons. The highest BCUT2D eigenvalue weighted by molar-refractivity contribution is 7.91. The summed E-state index contributed by atoms with van der Waals surface area (Å²) in [4.78, 5) is 10.6. The molecule has 1 aliphatic rings. The number of phenolic OH excluding ortho intramolecular Hbond substituents is 1. The van der Waals surface area contributed by atoms with Crippen LogP contribution in [-0.2, 0) is 21.1 Å². The van der Waals surface area contributed by atoms with Crippen LogP contribution in [0.1, 0.15) is 12.0 Å². The Morgan fingerprint density at radius 1 is 1.18 bits per heavy atom. The monoisotopic (exact) mass is 318 g/mol. The van der Waals surface area contributed by atoms with E-state index in [4.69, 9.17) is 4.74 Å². The minimum atomic E-state index is -3.85. The molecule has 22 heavy (non-hydrogen) atoms. The van der Waals surface area contributed by atoms with Crippen molar-refractivity contribution in [3.8, 4) is 11.5 Å². The third-order valence-electron chi connectivity index (χ3n) is 3.60. The van der Waals surface area contributed by atoms with Gasteiger partial charge in [-0.15, -0.1) is 0 Å². The first kappa shape index (κ1) is 14.6. The van der Waals surface area contributed by atoms with Gasteiger partial charge in [-0.05, 0) is 24.3 Å². The Balaban J connectivity index is 2.14. The lowest BCUT2D eigenvalue weighted by Crippen LogP contribution is -2.13. The van der Waals surface area contributed by atoms with Gasteiger partial charge in [-0.3, -0.25) is 0 Å². The molecule has 0 saturated heterocycles. The minimum Gasteiger partial charge on any atom is -0.507 e. The Morgan fingerprint density at radius 3 is 2.59 bits per heavy atom. The molecule has 0 aromatic heterocycles. The molecule has 0 amide bonds. The van der Waals surface area contributed by atoms with Crippen molar-refractivity contribution < 1.29 is 23.1 Å². The molecule has 1 aliphatic heterocycles. The fourth-order valence-corrected chi connectivity index (χ4v) is 4.21. The Labute approximate surface area is 128 Å². The van der Waals surface area contributed by atoms with Crippen LogP contribution in [0.3, 0.4) is 0 Å². The second kappa shape index (κ2) is 5.46. The van der Waals surface area contributed by atoms with Crippen molar-refractivity contribution in [1.29, 1.82) is 0 Å². The number of rotatable bonds is 4. The standard InChI is InChI=1S/C16H14O5S/c17-9-8-11-10-13-15(21-11)7-6-14(18)16(13)22(19,20)12-4-2-1-3-5-12/h1-7,9,11,18H,8,10H2. The smallest absolute Gasteiger partial charge is 0.210 e. The zero-order chi connectivity index (χ0) is 15.7. The number of ether oxygens (including phenoxy) is 1. The van der Waals surface area contributed by atoms with E-state index < -0.39 is 9.84 Å². The maximum atomic E-state index is 12.8. The number of hydrogen-bond acceptors (Lipinski definition) is 5. The lowest BCUT2D eigenvalue weighted by atomic mass is 10.1. The molecule has 0 bridgehead atoms. The van der Waals surface area contributed by atoms with E-state index in [1.165, 1.54) is 24.3 Å². The first-order valence-corrected chi connectivity index (χ1v) is 8.27. The van der Waals surface area contributed by atoms with Crippen molar-refractivity contribution in [2.45, 2.75) is 28.7 Å². The topological polar surface area (TPSA) is 80.7 Å². The Bertz CT molecular complexity index is 812. The van der Waals surface area contributed by atoms with Crippen LogP contribution in [0.15, 0.2) is 52.3 Å². The second-order valence-corrected chi connectivity index (χ2v) is 6.94. The van der Waals surface area contributed by atoms with Crippen LogP contribution in [0, 0.1) is 0 Å². The first-order valence-electron chi connectivity index (χ1n) is 6.79. The summed E-state index contributed by atoms with van der Waals surface area (Å²) in [5.74, 6) is 0.0945. The van der Waals surface area contributed by atoms with E-state index in [-0.39, 0.29) is 34.5 Å². The predicted molar refractivity (Wildman–Crippen MR) is 78.8 cm³/mol. The second-order valence-electron chi connectivity index (χ2n) is 5.05. The lowest BCUT2D eigenvalue weighted by Gasteiger charge is -2.10. The molecule has 1 atom stereocenters. The summed E-state index contributed by atoms with van der Waals surface area (Å²) in [5.41, 5.74) is 0.427. The van der Waals surface area contributed by atoms with Gasteiger partial charge >= 0.3 is 0 Å². The van der Waals surface area contributed by atoms with E-state index in [2.05, 4.69) is 0 Å². The van der Waals surface area contributed by atoms with Gasteiger partial charge in [0.05, 0.1) is 4.90 Å². The van der Waals surface area contributed by atoms with Crippen molar-refractivity contribution in [2.24, 2.45) is 0 Å². The highest BCUT2D eigenvalue weighted by Gasteiger charge is 2.33. The maximum Gasteiger partial charge on any atom is 0.210 e. The van der Waals surface area contributed by atoms with Gasteiger partial charge in [0.15, 0.2) is 0 Å². The number of fused-ring (bicyclic) bond motifs is 1. The van der Waals surface area contributed by atoms with Gasteiger partial charge in [0.2, 0.25) is 9.84 Å². The predicted octanol–water partition coefficient (Wildman–Crippen LogP) is 2.12. The van der Waals surface area contributed by atoms with Crippen molar-refractivity contribution in [1.82, 2.24) is 0 Å². The van der Waals surface area contributed by atoms with Crippen LogP contribution in [-0.4, -0.2) is 25.9 Å². The maximum absolute atomic E-state index is 12.8. The van der Waals surface area contributed by atoms with Gasteiger partial charge in [-0.25, -0.2) is 8.42 Å². The van der Waals surface area contributed by atoms with Gasteiger partial charge in [0.25, 0.3) is 0 Å². The molecule has 3 rings (SSSR count). The number of hydrogen-bond donors (Lipinski definition) is 1. The Hall–Kier alpha value is -2.34. The third-order valence-corrected chi connectivity index (χ3v) is 5.49. The van der Waals surface area contributed by atoms with Crippen LogP contribution >= 0.6 is 0 Å². The SMILES string of the molecule is O=CCC1Cc2c(ccc(O)c2S(=O)(=O)c2ccccc2)O1. The number of carbonyl (C=O) groups is 1. The van der Waals surface area contributed by atoms with Gasteiger partial charge in [0.1, 0.15) is 28.8 Å². The summed E-state index contributed by atoms with van der Waals surface area (Å²) in [5, 5.41) is 10.1. The number of aldehydes is 1. The Morgan fingerprint density at radius 2 is 1.91 bits per heavy atom. The van der Waals surface area contributed by atoms with Crippen LogP contribution in [0.2, 0.25) is 0 Å². The van der Waals surface area contributed by atoms with Gasteiger partial charge in [-0.2, -0.15) is 0 Å². The van der Waals surface area contributed by atoms with Crippen LogP contribution in [0.25, 0.3) is 0 Å². The number of carbonyl (C=O) groups excluding carboxylic acids is 1. The molecule has 114 valence electrons. The van der Waals surface area contributed by atoms with E-state index in [0.717, 1.165) is 6.29 Å². The molecule has 1 heterocycles. The van der Waals surface area contributed by atoms with Crippen LogP contribution < -0.4 is 4.74 Å². The number of sulfone groups is 1. The van der Waals surface area contributed by atoms with E-state index in [0.29, 0.717) is 11.3 Å². The molecule has 1 unspecified atom stereocenters. The van der Waals surface area contributed by atoms with Crippen molar-refractivity contribution in [3.05, 3.63) is 48.0 Å². The van der Waals surface area contributed by atoms with Crippen molar-refractivity contribution in [3.63, 3.8) is 0 Å². The summed E-state index contributed by atoms with van der Waals surface area (Å²) in [7, 11) is -3.85. The van der Waals surface area contributed by atoms with Crippen LogP contribution in [0.4, 0.5) is 0 Å². The molecule has 0 saturated carbocycles. The molecule has 5 nitrogen and oxygen atoms in total. The summed E-state index contributed by atoms with van der Waals surface area (Å²) in [6, 6.07) is 10.8. The average molecular weight is 318 g/mol. The third kappa shape index (κ3) is 2.35. The van der Waals surface area contributed by atoms with E-state index in [9.17, 15) is 18.3 Å². The van der Waals surface area contributed by atoms with Crippen molar-refractivity contribution in [2.75, 3.05) is 0 Å². The van der Waals surface area contributed by atoms with Gasteiger partial charge in [-0.1, -0.05) is 18.2 Å². The molecule has 2 aromatic rings. The zero-order valence-corrected chi connectivity index (χ0v) is 12.4. The summed E-state index contributed by atoms with van der Waals surface area (Å²) in [6.45, 7) is 0. The average Bonchev–Trinajstić information content (AvgIpc) is 2.90. The minimum absolute atomic E-state index is 0.109. The molecular weight excluding hydrogens is 304 g/mol. The number of phenols is 1. The fraction of sp³-hybridized carbons (Fsp3) is 0.188. The van der Waals surface area contributed by atoms with Crippen molar-refractivity contribution >= 4 is 16.1 Å². The number of aromatic hydroxyl groups is 1. The lowest BCUT2D eigenvalue weighted by molar-refractivity contribution is -0.109. The molecule has 6 heteroatoms. The highest BCUT2D eigenvalue weighted by atomic mass is 32.2. The molecule has 0 aliphatic carbocycles. The molecule has 2 aromatic carbocycles. The normalized spacial score (nSPS) is 16.8. The summed E-state index contributed by atoms with van der Waals surface area (Å²) < 4.78 is 31.2. The largest absolute Gasteiger partial charge is 0.507 e. The number of benzene rings is 2. The van der Waals surface area contributed by atoms with E-state index >= 15 is 0 Å². The Kier molecular flexibility index (Phi) is 3.62. The highest BCUT2D eigenvalue weighted by Crippen LogP contribution is 2.41. The fourth-order valence-electron chi connectivity index (χ4n) is 2.61. The zero-order valence-electron chi connectivity index (χ0n) is 11.6.